The summed E-state index contributed by atoms with van der Waals surface area (Å²) in [6.45, 7) is 5.23. The van der Waals surface area contributed by atoms with Crippen LogP contribution in [0.1, 0.15) is 37.3 Å². The lowest BCUT2D eigenvalue weighted by molar-refractivity contribution is -0.385. The molecule has 0 amide bonds. The maximum absolute atomic E-state index is 11.0. The SMILES string of the molecule is Cc1c(CN2CCCC[C@@H]2[C@@H](C)O)cccc1[N+](=O)[O-]. The number of benzene rings is 1. The number of aliphatic hydroxyl groups excluding tert-OH is 1. The maximum Gasteiger partial charge on any atom is 0.272 e. The fraction of sp³-hybridized carbons (Fsp3) is 0.600. The number of nitrogens with zero attached hydrogens (tertiary/aromatic N) is 2. The van der Waals surface area contributed by atoms with Gasteiger partial charge in [0, 0.05) is 24.2 Å². The molecule has 0 aromatic heterocycles. The standard InChI is InChI=1S/C15H22N2O3/c1-11-13(6-5-8-14(11)17(19)20)10-16-9-4-3-7-15(16)12(2)18/h5-6,8,12,15,18H,3-4,7,9-10H2,1-2H3/t12-,15-/m1/s1. The van der Waals surface area contributed by atoms with E-state index in [1.165, 1.54) is 0 Å². The minimum Gasteiger partial charge on any atom is -0.392 e. The van der Waals surface area contributed by atoms with Crippen molar-refractivity contribution in [3.05, 3.63) is 39.4 Å². The first kappa shape index (κ1) is 14.9. The number of piperidine rings is 1. The third kappa shape index (κ3) is 3.16. The van der Waals surface area contributed by atoms with Crippen molar-refractivity contribution in [2.75, 3.05) is 6.54 Å². The van der Waals surface area contributed by atoms with Crippen LogP contribution in [0.15, 0.2) is 18.2 Å². The van der Waals surface area contributed by atoms with Gasteiger partial charge in [0.05, 0.1) is 11.0 Å². The zero-order valence-corrected chi connectivity index (χ0v) is 12.1. The summed E-state index contributed by atoms with van der Waals surface area (Å²) in [6, 6.07) is 5.38. The lowest BCUT2D eigenvalue weighted by atomic mass is 9.96. The molecule has 0 bridgehead atoms. The van der Waals surface area contributed by atoms with Crippen LogP contribution in [-0.2, 0) is 6.54 Å². The topological polar surface area (TPSA) is 66.6 Å². The molecule has 0 spiro atoms. The molecule has 1 aromatic carbocycles. The fourth-order valence-electron chi connectivity index (χ4n) is 3.02. The average molecular weight is 278 g/mol. The summed E-state index contributed by atoms with van der Waals surface area (Å²) in [4.78, 5) is 12.9. The molecule has 1 aliphatic rings. The van der Waals surface area contributed by atoms with Crippen molar-refractivity contribution in [1.82, 2.24) is 4.90 Å². The molecule has 1 aliphatic heterocycles. The molecule has 1 N–H and O–H groups in total. The van der Waals surface area contributed by atoms with E-state index in [-0.39, 0.29) is 22.8 Å². The van der Waals surface area contributed by atoms with Gasteiger partial charge in [-0.15, -0.1) is 0 Å². The van der Waals surface area contributed by atoms with E-state index in [0.29, 0.717) is 6.54 Å². The molecule has 0 saturated carbocycles. The highest BCUT2D eigenvalue weighted by molar-refractivity contribution is 5.44. The molecule has 0 unspecified atom stereocenters. The number of rotatable bonds is 4. The summed E-state index contributed by atoms with van der Waals surface area (Å²) in [5.74, 6) is 0. The monoisotopic (exact) mass is 278 g/mol. The van der Waals surface area contributed by atoms with Gasteiger partial charge in [-0.1, -0.05) is 18.6 Å². The molecule has 1 fully saturated rings. The molecule has 0 aliphatic carbocycles. The predicted octanol–water partition coefficient (Wildman–Crippen LogP) is 2.64. The van der Waals surface area contributed by atoms with Gasteiger partial charge >= 0.3 is 0 Å². The van der Waals surface area contributed by atoms with E-state index in [4.69, 9.17) is 0 Å². The Labute approximate surface area is 119 Å². The van der Waals surface area contributed by atoms with E-state index in [1.54, 1.807) is 19.1 Å². The summed E-state index contributed by atoms with van der Waals surface area (Å²) < 4.78 is 0. The van der Waals surface area contributed by atoms with Crippen LogP contribution >= 0.6 is 0 Å². The van der Waals surface area contributed by atoms with Crippen LogP contribution in [0.5, 0.6) is 0 Å². The predicted molar refractivity (Wildman–Crippen MR) is 77.6 cm³/mol. The smallest absolute Gasteiger partial charge is 0.272 e. The third-order valence-corrected chi connectivity index (χ3v) is 4.21. The zero-order chi connectivity index (χ0) is 14.7. The summed E-state index contributed by atoms with van der Waals surface area (Å²) >= 11 is 0. The van der Waals surface area contributed by atoms with Gasteiger partial charge in [-0.3, -0.25) is 15.0 Å². The first-order valence-electron chi connectivity index (χ1n) is 7.15. The van der Waals surface area contributed by atoms with Crippen LogP contribution in [0, 0.1) is 17.0 Å². The molecule has 1 saturated heterocycles. The molecule has 0 radical (unpaired) electrons. The molecule has 110 valence electrons. The molecule has 5 nitrogen and oxygen atoms in total. The molecule has 5 heteroatoms. The fourth-order valence-corrected chi connectivity index (χ4v) is 3.02. The summed E-state index contributed by atoms with van der Waals surface area (Å²) in [5.41, 5.74) is 1.88. The van der Waals surface area contributed by atoms with Gasteiger partial charge in [0.2, 0.25) is 0 Å². The van der Waals surface area contributed by atoms with Crippen LogP contribution in [0.3, 0.4) is 0 Å². The molecular weight excluding hydrogens is 256 g/mol. The highest BCUT2D eigenvalue weighted by atomic mass is 16.6. The van der Waals surface area contributed by atoms with Crippen molar-refractivity contribution in [3.63, 3.8) is 0 Å². The normalized spacial score (nSPS) is 21.6. The van der Waals surface area contributed by atoms with Gasteiger partial charge in [0.15, 0.2) is 0 Å². The summed E-state index contributed by atoms with van der Waals surface area (Å²) in [5, 5.41) is 20.9. The van der Waals surface area contributed by atoms with E-state index in [9.17, 15) is 15.2 Å². The first-order chi connectivity index (χ1) is 9.50. The largest absolute Gasteiger partial charge is 0.392 e. The quantitative estimate of drug-likeness (QED) is 0.679. The van der Waals surface area contributed by atoms with Crippen LogP contribution < -0.4 is 0 Å². The average Bonchev–Trinajstić information content (AvgIpc) is 2.41. The number of hydrogen-bond acceptors (Lipinski definition) is 4. The number of hydrogen-bond donors (Lipinski definition) is 1. The molecular formula is C15H22N2O3. The van der Waals surface area contributed by atoms with Crippen LogP contribution in [0.2, 0.25) is 0 Å². The molecule has 20 heavy (non-hydrogen) atoms. The van der Waals surface area contributed by atoms with E-state index in [1.807, 2.05) is 13.0 Å². The van der Waals surface area contributed by atoms with Gasteiger partial charge in [-0.25, -0.2) is 0 Å². The summed E-state index contributed by atoms with van der Waals surface area (Å²) in [7, 11) is 0. The van der Waals surface area contributed by atoms with Crippen LogP contribution in [0.4, 0.5) is 5.69 Å². The maximum atomic E-state index is 11.0. The van der Waals surface area contributed by atoms with E-state index >= 15 is 0 Å². The van der Waals surface area contributed by atoms with Crippen molar-refractivity contribution in [2.24, 2.45) is 0 Å². The van der Waals surface area contributed by atoms with E-state index in [2.05, 4.69) is 4.90 Å². The second-order valence-corrected chi connectivity index (χ2v) is 5.59. The highest BCUT2D eigenvalue weighted by Crippen LogP contribution is 2.26. The van der Waals surface area contributed by atoms with Crippen molar-refractivity contribution < 1.29 is 10.0 Å². The van der Waals surface area contributed by atoms with Crippen LogP contribution in [-0.4, -0.2) is 33.6 Å². The van der Waals surface area contributed by atoms with Crippen molar-refractivity contribution >= 4 is 5.69 Å². The van der Waals surface area contributed by atoms with Crippen molar-refractivity contribution in [2.45, 2.75) is 51.8 Å². The Morgan fingerprint density at radius 2 is 2.25 bits per heavy atom. The first-order valence-corrected chi connectivity index (χ1v) is 7.15. The lowest BCUT2D eigenvalue weighted by Gasteiger charge is -2.37. The Hall–Kier alpha value is -1.46. The Balaban J connectivity index is 2.20. The van der Waals surface area contributed by atoms with E-state index < -0.39 is 0 Å². The molecule has 2 atom stereocenters. The second-order valence-electron chi connectivity index (χ2n) is 5.59. The molecule has 1 aromatic rings. The van der Waals surface area contributed by atoms with Crippen LogP contribution in [0.25, 0.3) is 0 Å². The Morgan fingerprint density at radius 3 is 2.90 bits per heavy atom. The number of aliphatic hydroxyl groups is 1. The Bertz CT molecular complexity index is 488. The van der Waals surface area contributed by atoms with Gasteiger partial charge in [0.1, 0.15) is 0 Å². The lowest BCUT2D eigenvalue weighted by Crippen LogP contribution is -2.45. The Kier molecular flexibility index (Phi) is 4.73. The van der Waals surface area contributed by atoms with Gasteiger partial charge in [-0.05, 0) is 38.8 Å². The minimum atomic E-state index is -0.366. The van der Waals surface area contributed by atoms with Gasteiger partial charge < -0.3 is 5.11 Å². The number of likely N-dealkylation sites (tertiary alicyclic amines) is 1. The highest BCUT2D eigenvalue weighted by Gasteiger charge is 2.27. The number of nitro groups is 1. The molecule has 1 heterocycles. The zero-order valence-electron chi connectivity index (χ0n) is 12.1. The van der Waals surface area contributed by atoms with Crippen molar-refractivity contribution in [3.8, 4) is 0 Å². The second kappa shape index (κ2) is 6.33. The van der Waals surface area contributed by atoms with Gasteiger partial charge in [0.25, 0.3) is 5.69 Å². The summed E-state index contributed by atoms with van der Waals surface area (Å²) in [6.07, 6.45) is 2.89. The number of nitro benzene ring substituents is 1. The Morgan fingerprint density at radius 1 is 1.50 bits per heavy atom. The van der Waals surface area contributed by atoms with E-state index in [0.717, 1.165) is 36.9 Å². The minimum absolute atomic E-state index is 0.155. The van der Waals surface area contributed by atoms with Crippen molar-refractivity contribution in [1.29, 1.82) is 0 Å². The molecule has 2 rings (SSSR count). The van der Waals surface area contributed by atoms with Gasteiger partial charge in [-0.2, -0.15) is 0 Å². The third-order valence-electron chi connectivity index (χ3n) is 4.21.